The standard InChI is InChI=1S/C16H28N4/c1-8-17-12-11(10(2)3)13(19-9-18-12)20-14-15(4,5)16(14,6)7/h9-10,14H,8H2,1-7H3,(H2,17,18,19,20). The van der Waals surface area contributed by atoms with Gasteiger partial charge in [-0.05, 0) is 23.7 Å². The van der Waals surface area contributed by atoms with E-state index in [1.807, 2.05) is 0 Å². The molecule has 4 heteroatoms. The van der Waals surface area contributed by atoms with Crippen LogP contribution in [0.1, 0.15) is 59.9 Å². The van der Waals surface area contributed by atoms with Gasteiger partial charge in [0.2, 0.25) is 0 Å². The van der Waals surface area contributed by atoms with Crippen LogP contribution in [0, 0.1) is 10.8 Å². The highest BCUT2D eigenvalue weighted by molar-refractivity contribution is 5.60. The molecule has 2 rings (SSSR count). The molecule has 1 heterocycles. The molecule has 1 aromatic heterocycles. The van der Waals surface area contributed by atoms with Gasteiger partial charge < -0.3 is 10.6 Å². The maximum atomic E-state index is 4.49. The molecule has 4 nitrogen and oxygen atoms in total. The molecule has 0 aliphatic heterocycles. The molecular formula is C16H28N4. The van der Waals surface area contributed by atoms with Gasteiger partial charge in [0.25, 0.3) is 0 Å². The van der Waals surface area contributed by atoms with Gasteiger partial charge in [-0.1, -0.05) is 41.5 Å². The minimum absolute atomic E-state index is 0.296. The van der Waals surface area contributed by atoms with Crippen molar-refractivity contribution in [3.63, 3.8) is 0 Å². The lowest BCUT2D eigenvalue weighted by molar-refractivity contribution is 0.457. The molecule has 0 spiro atoms. The number of rotatable bonds is 5. The van der Waals surface area contributed by atoms with Gasteiger partial charge in [-0.25, -0.2) is 9.97 Å². The van der Waals surface area contributed by atoms with E-state index in [4.69, 9.17) is 0 Å². The van der Waals surface area contributed by atoms with Crippen molar-refractivity contribution < 1.29 is 0 Å². The van der Waals surface area contributed by atoms with Gasteiger partial charge in [-0.15, -0.1) is 0 Å². The zero-order chi connectivity index (χ0) is 15.1. The first-order valence-corrected chi connectivity index (χ1v) is 7.58. The summed E-state index contributed by atoms with van der Waals surface area (Å²) in [6.07, 6.45) is 1.65. The normalized spacial score (nSPS) is 20.0. The quantitative estimate of drug-likeness (QED) is 0.857. The molecule has 0 unspecified atom stereocenters. The largest absolute Gasteiger partial charge is 0.370 e. The van der Waals surface area contributed by atoms with Crippen LogP contribution in [-0.2, 0) is 0 Å². The third kappa shape index (κ3) is 2.25. The smallest absolute Gasteiger partial charge is 0.135 e. The zero-order valence-electron chi connectivity index (χ0n) is 13.8. The van der Waals surface area contributed by atoms with E-state index in [9.17, 15) is 0 Å². The average Bonchev–Trinajstić information content (AvgIpc) is 2.72. The van der Waals surface area contributed by atoms with Crippen LogP contribution in [-0.4, -0.2) is 22.6 Å². The Morgan fingerprint density at radius 2 is 1.65 bits per heavy atom. The van der Waals surface area contributed by atoms with Crippen LogP contribution in [0.5, 0.6) is 0 Å². The predicted molar refractivity (Wildman–Crippen MR) is 85.3 cm³/mol. The zero-order valence-corrected chi connectivity index (χ0v) is 13.8. The molecule has 0 aromatic carbocycles. The lowest BCUT2D eigenvalue weighted by Crippen LogP contribution is -2.16. The molecule has 1 fully saturated rings. The second kappa shape index (κ2) is 4.90. The van der Waals surface area contributed by atoms with Crippen molar-refractivity contribution in [1.82, 2.24) is 9.97 Å². The summed E-state index contributed by atoms with van der Waals surface area (Å²) >= 11 is 0. The fourth-order valence-electron chi connectivity index (χ4n) is 3.06. The minimum atomic E-state index is 0.296. The Kier molecular flexibility index (Phi) is 3.69. The third-order valence-electron chi connectivity index (χ3n) is 5.11. The number of nitrogens with one attached hydrogen (secondary N) is 2. The second-order valence-electron chi connectivity index (χ2n) is 7.19. The fourth-order valence-corrected chi connectivity index (χ4v) is 3.06. The maximum absolute atomic E-state index is 4.49. The number of hydrogen-bond donors (Lipinski definition) is 2. The van der Waals surface area contributed by atoms with Gasteiger partial charge in [0, 0.05) is 18.2 Å². The molecule has 0 bridgehead atoms. The highest BCUT2D eigenvalue weighted by Gasteiger charge is 2.65. The van der Waals surface area contributed by atoms with E-state index in [0.29, 0.717) is 22.8 Å². The molecule has 2 N–H and O–H groups in total. The Labute approximate surface area is 122 Å². The van der Waals surface area contributed by atoms with Crippen LogP contribution in [0.2, 0.25) is 0 Å². The van der Waals surface area contributed by atoms with Crippen molar-refractivity contribution in [2.24, 2.45) is 10.8 Å². The van der Waals surface area contributed by atoms with Crippen molar-refractivity contribution in [2.45, 2.75) is 60.4 Å². The highest BCUT2D eigenvalue weighted by atomic mass is 15.1. The molecule has 1 aliphatic carbocycles. The first-order chi connectivity index (χ1) is 9.23. The first-order valence-electron chi connectivity index (χ1n) is 7.58. The second-order valence-corrected chi connectivity index (χ2v) is 7.19. The minimum Gasteiger partial charge on any atom is -0.370 e. The van der Waals surface area contributed by atoms with E-state index < -0.39 is 0 Å². The van der Waals surface area contributed by atoms with E-state index >= 15 is 0 Å². The number of anilines is 2. The summed E-state index contributed by atoms with van der Waals surface area (Å²) in [7, 11) is 0. The van der Waals surface area contributed by atoms with Crippen molar-refractivity contribution >= 4 is 11.6 Å². The van der Waals surface area contributed by atoms with Gasteiger partial charge in [0.15, 0.2) is 0 Å². The Hall–Kier alpha value is -1.32. The monoisotopic (exact) mass is 276 g/mol. The van der Waals surface area contributed by atoms with Crippen molar-refractivity contribution in [2.75, 3.05) is 17.2 Å². The summed E-state index contributed by atoms with van der Waals surface area (Å²) < 4.78 is 0. The highest BCUT2D eigenvalue weighted by Crippen LogP contribution is 2.63. The Morgan fingerprint density at radius 1 is 1.10 bits per heavy atom. The summed E-state index contributed by atoms with van der Waals surface area (Å²) in [5.41, 5.74) is 1.78. The van der Waals surface area contributed by atoms with Crippen molar-refractivity contribution in [3.05, 3.63) is 11.9 Å². The van der Waals surface area contributed by atoms with Crippen molar-refractivity contribution in [1.29, 1.82) is 0 Å². The first kappa shape index (κ1) is 15.1. The summed E-state index contributed by atoms with van der Waals surface area (Å²) in [5, 5.41) is 7.00. The molecular weight excluding hydrogens is 248 g/mol. The SMILES string of the molecule is CCNc1ncnc(NC2C(C)(C)C2(C)C)c1C(C)C. The molecule has 0 amide bonds. The number of aromatic nitrogens is 2. The average molecular weight is 276 g/mol. The summed E-state index contributed by atoms with van der Waals surface area (Å²) in [5.74, 6) is 2.32. The van der Waals surface area contributed by atoms with E-state index in [0.717, 1.165) is 18.2 Å². The van der Waals surface area contributed by atoms with Crippen LogP contribution in [0.25, 0.3) is 0 Å². The molecule has 1 aromatic rings. The molecule has 0 saturated heterocycles. The number of nitrogens with zero attached hydrogens (tertiary/aromatic N) is 2. The van der Waals surface area contributed by atoms with Crippen molar-refractivity contribution in [3.8, 4) is 0 Å². The van der Waals surface area contributed by atoms with Gasteiger partial charge in [-0.2, -0.15) is 0 Å². The Morgan fingerprint density at radius 3 is 2.10 bits per heavy atom. The molecule has 1 saturated carbocycles. The third-order valence-corrected chi connectivity index (χ3v) is 5.11. The lowest BCUT2D eigenvalue weighted by Gasteiger charge is -2.18. The lowest BCUT2D eigenvalue weighted by atomic mass is 10.0. The molecule has 112 valence electrons. The van der Waals surface area contributed by atoms with E-state index in [1.165, 1.54) is 5.56 Å². The van der Waals surface area contributed by atoms with Crippen LogP contribution in [0.4, 0.5) is 11.6 Å². The van der Waals surface area contributed by atoms with Crippen LogP contribution in [0.3, 0.4) is 0 Å². The van der Waals surface area contributed by atoms with Crippen LogP contribution >= 0.6 is 0 Å². The Bertz CT molecular complexity index is 477. The Balaban J connectivity index is 2.31. The molecule has 20 heavy (non-hydrogen) atoms. The summed E-state index contributed by atoms with van der Waals surface area (Å²) in [6, 6.07) is 0.455. The van der Waals surface area contributed by atoms with E-state index in [2.05, 4.69) is 69.1 Å². The van der Waals surface area contributed by atoms with Gasteiger partial charge in [-0.3, -0.25) is 0 Å². The maximum Gasteiger partial charge on any atom is 0.135 e. The van der Waals surface area contributed by atoms with Gasteiger partial charge >= 0.3 is 0 Å². The van der Waals surface area contributed by atoms with Crippen LogP contribution in [0.15, 0.2) is 6.33 Å². The number of hydrogen-bond acceptors (Lipinski definition) is 4. The fraction of sp³-hybridized carbons (Fsp3) is 0.750. The molecule has 0 atom stereocenters. The molecule has 1 aliphatic rings. The summed E-state index contributed by atoms with van der Waals surface area (Å²) in [4.78, 5) is 8.88. The molecule has 0 radical (unpaired) electrons. The summed E-state index contributed by atoms with van der Waals surface area (Å²) in [6.45, 7) is 16.6. The topological polar surface area (TPSA) is 49.8 Å². The van der Waals surface area contributed by atoms with E-state index in [1.54, 1.807) is 6.33 Å². The predicted octanol–water partition coefficient (Wildman–Crippen LogP) is 3.88. The van der Waals surface area contributed by atoms with Crippen LogP contribution < -0.4 is 10.6 Å². The van der Waals surface area contributed by atoms with Gasteiger partial charge in [0.1, 0.15) is 18.0 Å². The van der Waals surface area contributed by atoms with Gasteiger partial charge in [0.05, 0.1) is 0 Å². The van der Waals surface area contributed by atoms with E-state index in [-0.39, 0.29) is 0 Å².